The summed E-state index contributed by atoms with van der Waals surface area (Å²) in [6, 6.07) is 0. The van der Waals surface area contributed by atoms with E-state index in [1.54, 1.807) is 0 Å². The van der Waals surface area contributed by atoms with E-state index in [1.807, 2.05) is 7.05 Å². The van der Waals surface area contributed by atoms with E-state index in [0.29, 0.717) is 0 Å². The Bertz CT molecular complexity index is 195. The number of rotatable bonds is 18. The Balaban J connectivity index is 2.94. The molecule has 0 radical (unpaired) electrons. The third kappa shape index (κ3) is 19.9. The van der Waals surface area contributed by atoms with E-state index in [4.69, 9.17) is 5.84 Å². The van der Waals surface area contributed by atoms with Crippen LogP contribution in [0.2, 0.25) is 0 Å². The maximum absolute atomic E-state index is 5.64. The van der Waals surface area contributed by atoms with Gasteiger partial charge in [-0.3, -0.25) is 5.01 Å². The standard InChI is InChI=1S/C19H43N3/c1-3-4-5-6-7-8-9-10-11-12-13-14-15-16-17-21-18-19-22(2)20/h21H,3-20H2,1-2H3/p+1. The number of likely N-dealkylation sites (N-methyl/N-ethyl adjacent to an activating group) is 1. The van der Waals surface area contributed by atoms with Crippen molar-refractivity contribution >= 4 is 0 Å². The van der Waals surface area contributed by atoms with Gasteiger partial charge in [-0.05, 0) is 13.0 Å². The summed E-state index contributed by atoms with van der Waals surface area (Å²) in [6.45, 7) is 5.50. The lowest BCUT2D eigenvalue weighted by Gasteiger charge is -2.07. The Morgan fingerprint density at radius 3 is 1.45 bits per heavy atom. The van der Waals surface area contributed by atoms with Gasteiger partial charge in [0.1, 0.15) is 6.54 Å². The molecular formula is C19H44N3+. The topological polar surface area (TPSA) is 42.5 Å². The van der Waals surface area contributed by atoms with Crippen LogP contribution in [-0.4, -0.2) is 26.7 Å². The monoisotopic (exact) mass is 314 g/mol. The normalized spacial score (nSPS) is 12.7. The summed E-state index contributed by atoms with van der Waals surface area (Å²) >= 11 is 0. The molecule has 1 atom stereocenters. The molecule has 0 heterocycles. The van der Waals surface area contributed by atoms with Gasteiger partial charge in [0.15, 0.2) is 0 Å². The van der Waals surface area contributed by atoms with Crippen molar-refractivity contribution in [2.75, 3.05) is 26.7 Å². The van der Waals surface area contributed by atoms with Crippen LogP contribution in [0.15, 0.2) is 0 Å². The van der Waals surface area contributed by atoms with Crippen molar-refractivity contribution in [3.8, 4) is 0 Å². The smallest absolute Gasteiger partial charge is 0.107 e. The zero-order chi connectivity index (χ0) is 16.3. The molecule has 0 amide bonds. The van der Waals surface area contributed by atoms with Gasteiger partial charge in [-0.1, -0.05) is 90.4 Å². The molecule has 0 saturated heterocycles. The molecule has 0 bridgehead atoms. The molecule has 0 aromatic rings. The molecule has 3 nitrogen and oxygen atoms in total. The van der Waals surface area contributed by atoms with E-state index in [-0.39, 0.29) is 0 Å². The molecule has 134 valence electrons. The summed E-state index contributed by atoms with van der Waals surface area (Å²) in [6.07, 6.45) is 20.0. The minimum atomic E-state index is 1.01. The quantitative estimate of drug-likeness (QED) is 0.206. The van der Waals surface area contributed by atoms with Gasteiger partial charge in [-0.2, -0.15) is 5.84 Å². The molecule has 0 aliphatic rings. The van der Waals surface area contributed by atoms with Crippen LogP contribution in [0.1, 0.15) is 96.8 Å². The summed E-state index contributed by atoms with van der Waals surface area (Å²) in [7, 11) is 1.99. The maximum atomic E-state index is 5.64. The fourth-order valence-corrected chi connectivity index (χ4v) is 2.86. The third-order valence-electron chi connectivity index (χ3n) is 4.40. The lowest BCUT2D eigenvalue weighted by molar-refractivity contribution is -0.891. The Kier molecular flexibility index (Phi) is 18.8. The third-order valence-corrected chi connectivity index (χ3v) is 4.40. The second-order valence-corrected chi connectivity index (χ2v) is 6.94. The van der Waals surface area contributed by atoms with Crippen LogP contribution in [0.4, 0.5) is 0 Å². The fourth-order valence-electron chi connectivity index (χ4n) is 2.86. The van der Waals surface area contributed by atoms with E-state index < -0.39 is 0 Å². The molecule has 1 unspecified atom stereocenters. The Hall–Kier alpha value is -0.120. The van der Waals surface area contributed by atoms with Crippen LogP contribution in [0.5, 0.6) is 0 Å². The first-order valence-corrected chi connectivity index (χ1v) is 10.1. The molecule has 4 N–H and O–H groups in total. The molecule has 0 spiro atoms. The summed E-state index contributed by atoms with van der Waals surface area (Å²) in [4.78, 5) is 0. The van der Waals surface area contributed by atoms with Gasteiger partial charge in [0.25, 0.3) is 0 Å². The first-order chi connectivity index (χ1) is 10.8. The van der Waals surface area contributed by atoms with Crippen LogP contribution in [0.3, 0.4) is 0 Å². The van der Waals surface area contributed by atoms with E-state index in [2.05, 4.69) is 12.2 Å². The number of nitrogens with one attached hydrogen (secondary N) is 2. The van der Waals surface area contributed by atoms with Crippen molar-refractivity contribution in [3.05, 3.63) is 0 Å². The molecule has 0 fully saturated rings. The van der Waals surface area contributed by atoms with Crippen LogP contribution in [-0.2, 0) is 0 Å². The van der Waals surface area contributed by atoms with Crippen LogP contribution < -0.4 is 16.2 Å². The summed E-state index contributed by atoms with van der Waals surface area (Å²) in [5.74, 6) is 5.64. The SMILES string of the molecule is CCCCCCCCCCCCCCCCNCC[NH+](C)N. The largest absolute Gasteiger partial charge is 0.311 e. The van der Waals surface area contributed by atoms with Gasteiger partial charge in [-0.15, -0.1) is 0 Å². The van der Waals surface area contributed by atoms with Crippen LogP contribution >= 0.6 is 0 Å². The minimum absolute atomic E-state index is 1.01. The summed E-state index contributed by atoms with van der Waals surface area (Å²) in [5.41, 5.74) is 0. The molecule has 0 aliphatic heterocycles. The zero-order valence-corrected chi connectivity index (χ0v) is 15.6. The highest BCUT2D eigenvalue weighted by molar-refractivity contribution is 4.51. The highest BCUT2D eigenvalue weighted by Crippen LogP contribution is 2.12. The Labute approximate surface area is 140 Å². The molecule has 22 heavy (non-hydrogen) atoms. The van der Waals surface area contributed by atoms with E-state index in [0.717, 1.165) is 24.6 Å². The molecule has 3 heteroatoms. The second-order valence-electron chi connectivity index (χ2n) is 6.94. The lowest BCUT2D eigenvalue weighted by Crippen LogP contribution is -3.15. The predicted molar refractivity (Wildman–Crippen MR) is 99.1 cm³/mol. The minimum Gasteiger partial charge on any atom is -0.311 e. The zero-order valence-electron chi connectivity index (χ0n) is 15.6. The van der Waals surface area contributed by atoms with Gasteiger partial charge >= 0.3 is 0 Å². The van der Waals surface area contributed by atoms with E-state index in [1.165, 1.54) is 89.9 Å². The van der Waals surface area contributed by atoms with Crippen molar-refractivity contribution in [1.29, 1.82) is 0 Å². The Morgan fingerprint density at radius 1 is 0.636 bits per heavy atom. The van der Waals surface area contributed by atoms with Gasteiger partial charge in [-0.25, -0.2) is 0 Å². The van der Waals surface area contributed by atoms with Crippen molar-refractivity contribution < 1.29 is 5.01 Å². The average Bonchev–Trinajstić information content (AvgIpc) is 2.50. The van der Waals surface area contributed by atoms with Gasteiger partial charge in [0.2, 0.25) is 0 Å². The fraction of sp³-hybridized carbons (Fsp3) is 1.00. The van der Waals surface area contributed by atoms with Crippen molar-refractivity contribution in [2.24, 2.45) is 5.84 Å². The number of quaternary nitrogens is 1. The number of hydrogen-bond acceptors (Lipinski definition) is 2. The van der Waals surface area contributed by atoms with E-state index in [9.17, 15) is 0 Å². The average molecular weight is 315 g/mol. The lowest BCUT2D eigenvalue weighted by atomic mass is 10.0. The molecule has 0 aromatic heterocycles. The predicted octanol–water partition coefficient (Wildman–Crippen LogP) is 3.45. The highest BCUT2D eigenvalue weighted by Gasteiger charge is 1.95. The molecule has 0 aromatic carbocycles. The van der Waals surface area contributed by atoms with Crippen molar-refractivity contribution in [3.63, 3.8) is 0 Å². The number of hydrogen-bond donors (Lipinski definition) is 3. The maximum Gasteiger partial charge on any atom is 0.107 e. The first-order valence-electron chi connectivity index (χ1n) is 10.1. The van der Waals surface area contributed by atoms with Gasteiger partial charge < -0.3 is 5.32 Å². The number of nitrogens with two attached hydrogens (primary N) is 1. The molecule has 0 saturated carbocycles. The van der Waals surface area contributed by atoms with Crippen molar-refractivity contribution in [2.45, 2.75) is 96.8 Å². The van der Waals surface area contributed by atoms with Crippen molar-refractivity contribution in [1.82, 2.24) is 5.32 Å². The molecule has 0 aliphatic carbocycles. The van der Waals surface area contributed by atoms with Gasteiger partial charge in [0.05, 0.1) is 7.05 Å². The highest BCUT2D eigenvalue weighted by atomic mass is 15.4. The first kappa shape index (κ1) is 21.9. The number of unbranched alkanes of at least 4 members (excludes halogenated alkanes) is 13. The summed E-state index contributed by atoms with van der Waals surface area (Å²) < 4.78 is 0. The van der Waals surface area contributed by atoms with Crippen LogP contribution in [0, 0.1) is 0 Å². The summed E-state index contributed by atoms with van der Waals surface area (Å²) in [5, 5.41) is 4.49. The molecule has 0 rings (SSSR count). The second kappa shape index (κ2) is 18.9. The van der Waals surface area contributed by atoms with Gasteiger partial charge in [0, 0.05) is 6.54 Å². The van der Waals surface area contributed by atoms with Crippen LogP contribution in [0.25, 0.3) is 0 Å². The van der Waals surface area contributed by atoms with E-state index >= 15 is 0 Å². The molecular weight excluding hydrogens is 270 g/mol. The Morgan fingerprint density at radius 2 is 1.05 bits per heavy atom.